The van der Waals surface area contributed by atoms with Crippen molar-refractivity contribution in [2.24, 2.45) is 40.9 Å². The Bertz CT molecular complexity index is 2310. The zero-order valence-corrected chi connectivity index (χ0v) is 43.9. The van der Waals surface area contributed by atoms with E-state index in [1.807, 2.05) is 139 Å². The lowest BCUT2D eigenvalue weighted by molar-refractivity contribution is -0.161. The Morgan fingerprint density at radius 3 is 1.11 bits per heavy atom. The molecule has 9 atom stereocenters. The number of likely N-dealkylation sites (tertiary alicyclic amines) is 3. The van der Waals surface area contributed by atoms with Gasteiger partial charge in [0.2, 0.25) is 0 Å². The van der Waals surface area contributed by atoms with Gasteiger partial charge < -0.3 is 54.1 Å². The highest BCUT2D eigenvalue weighted by atomic mass is 16.6. The van der Waals surface area contributed by atoms with Crippen molar-refractivity contribution in [3.05, 3.63) is 108 Å². The van der Waals surface area contributed by atoms with Gasteiger partial charge in [0.15, 0.2) is 0 Å². The first-order valence-corrected chi connectivity index (χ1v) is 25.5. The van der Waals surface area contributed by atoms with E-state index in [4.69, 9.17) is 23.7 Å². The number of carbonyl (C=O) groups is 6. The SMILES string of the molecule is C[C@H]1CC2(C(=O)O)CN(C(=O)OCc3ccccc3)CC12.C[C@H]1C[C@]2(NC(=O)OC(C)(C)C)CN(C(=O)OCc3ccccc3)C[C@@H]12.C[C@H]1C[C@]2(NC(=O)OC(C)(C)C)CN(C(=O)OCc3ccccc3)C[C@H]12. The smallest absolute Gasteiger partial charge is 0.410 e. The molecule has 3 aliphatic heterocycles. The van der Waals surface area contributed by atoms with Crippen LogP contribution in [0.15, 0.2) is 91.0 Å². The lowest BCUT2D eigenvalue weighted by Gasteiger charge is -2.49. The third kappa shape index (κ3) is 13.0. The molecule has 73 heavy (non-hydrogen) atoms. The van der Waals surface area contributed by atoms with Crippen LogP contribution < -0.4 is 10.6 Å². The summed E-state index contributed by atoms with van der Waals surface area (Å²) < 4.78 is 27.0. The summed E-state index contributed by atoms with van der Waals surface area (Å²) in [5.41, 5.74) is 0.216. The van der Waals surface area contributed by atoms with Gasteiger partial charge in [-0.15, -0.1) is 0 Å². The minimum Gasteiger partial charge on any atom is -0.481 e. The zero-order chi connectivity index (χ0) is 52.9. The number of hydrogen-bond acceptors (Lipinski definition) is 11. The van der Waals surface area contributed by atoms with Gasteiger partial charge in [0, 0.05) is 51.1 Å². The van der Waals surface area contributed by atoms with Gasteiger partial charge in [-0.3, -0.25) is 4.79 Å². The molecule has 3 heterocycles. The number of carboxylic acids is 1. The number of nitrogens with zero attached hydrogens (tertiary/aromatic N) is 3. The Balaban J connectivity index is 0.000000161. The number of aliphatic carboxylic acids is 1. The number of alkyl carbamates (subject to hydrolysis) is 2. The highest BCUT2D eigenvalue weighted by Crippen LogP contribution is 2.56. The maximum absolute atomic E-state index is 12.5. The van der Waals surface area contributed by atoms with Gasteiger partial charge in [-0.05, 0) is 101 Å². The minimum absolute atomic E-state index is 0.0549. The molecule has 2 unspecified atom stereocenters. The molecule has 17 nitrogen and oxygen atoms in total. The first-order valence-electron chi connectivity index (χ1n) is 25.5. The van der Waals surface area contributed by atoms with Gasteiger partial charge >= 0.3 is 36.4 Å². The fourth-order valence-corrected chi connectivity index (χ4v) is 11.8. The summed E-state index contributed by atoms with van der Waals surface area (Å²) in [4.78, 5) is 77.9. The van der Waals surface area contributed by atoms with Crippen LogP contribution in [0.1, 0.15) is 98.3 Å². The summed E-state index contributed by atoms with van der Waals surface area (Å²) in [6.45, 7) is 21.0. The Labute approximate surface area is 429 Å². The average Bonchev–Trinajstić information content (AvgIpc) is 3.93. The number of rotatable bonds is 9. The number of amides is 5. The van der Waals surface area contributed by atoms with Crippen molar-refractivity contribution in [3.8, 4) is 0 Å². The molecule has 3 aliphatic carbocycles. The average molecular weight is 1010 g/mol. The molecule has 3 N–H and O–H groups in total. The molecule has 9 rings (SSSR count). The highest BCUT2D eigenvalue weighted by molar-refractivity contribution is 5.80. The number of benzene rings is 3. The largest absolute Gasteiger partial charge is 0.481 e. The van der Waals surface area contributed by atoms with E-state index in [0.29, 0.717) is 56.9 Å². The number of hydrogen-bond donors (Lipinski definition) is 3. The van der Waals surface area contributed by atoms with Crippen molar-refractivity contribution < 1.29 is 57.6 Å². The van der Waals surface area contributed by atoms with Crippen LogP contribution in [0.3, 0.4) is 0 Å². The predicted octanol–water partition coefficient (Wildman–Crippen LogP) is 9.48. The maximum Gasteiger partial charge on any atom is 0.410 e. The van der Waals surface area contributed by atoms with Gasteiger partial charge in [0.25, 0.3) is 0 Å². The van der Waals surface area contributed by atoms with Gasteiger partial charge in [0.1, 0.15) is 31.0 Å². The molecular formula is C56H75N5O12. The second-order valence-electron chi connectivity index (χ2n) is 23.2. The van der Waals surface area contributed by atoms with Crippen LogP contribution in [0.4, 0.5) is 24.0 Å². The molecule has 0 aromatic heterocycles. The topological polar surface area (TPSA) is 203 Å². The second-order valence-corrected chi connectivity index (χ2v) is 23.2. The second kappa shape index (κ2) is 21.9. The molecule has 17 heteroatoms. The Kier molecular flexibility index (Phi) is 16.3. The van der Waals surface area contributed by atoms with Crippen molar-refractivity contribution in [2.75, 3.05) is 39.3 Å². The van der Waals surface area contributed by atoms with Crippen molar-refractivity contribution in [2.45, 2.75) is 124 Å². The summed E-state index contributed by atoms with van der Waals surface area (Å²) in [5.74, 6) is 1.00. The third-order valence-electron chi connectivity index (χ3n) is 15.2. The van der Waals surface area contributed by atoms with E-state index in [1.54, 1.807) is 14.7 Å². The molecule has 5 amide bonds. The first-order chi connectivity index (χ1) is 34.4. The Hall–Kier alpha value is -6.52. The molecule has 396 valence electrons. The van der Waals surface area contributed by atoms with E-state index in [0.717, 1.165) is 29.5 Å². The first kappa shape index (κ1) is 54.3. The zero-order valence-electron chi connectivity index (χ0n) is 43.9. The number of fused-ring (bicyclic) bond motifs is 3. The summed E-state index contributed by atoms with van der Waals surface area (Å²) in [5, 5.41) is 15.5. The fraction of sp³-hybridized carbons (Fsp3) is 0.571. The third-order valence-corrected chi connectivity index (χ3v) is 15.2. The Morgan fingerprint density at radius 1 is 0.507 bits per heavy atom. The van der Waals surface area contributed by atoms with Gasteiger partial charge in [0.05, 0.1) is 16.5 Å². The molecular weight excluding hydrogens is 935 g/mol. The standard InChI is InChI=1S/2C20H28N2O4.C16H19NO4/c2*1-14-10-20(21-17(23)26-19(2,3)4)13-22(11-16(14)20)18(24)25-12-15-8-6-5-7-9-15;1-11-7-16(14(18)19)10-17(8-13(11)16)15(20)21-9-12-5-3-2-4-6-12/h2*5-9,14,16H,10-13H2,1-4H3,(H,21,23);2-6,11,13H,7-10H2,1H3,(H,18,19)/t14-,16+,20-;14-,16-,20-;11-,13?,16?/m000/s1. The molecule has 6 aliphatic rings. The molecule has 3 aromatic rings. The monoisotopic (exact) mass is 1010 g/mol. The van der Waals surface area contributed by atoms with Crippen LogP contribution in [0.25, 0.3) is 0 Å². The number of carboxylic acid groups (broad SMARTS) is 1. The normalized spacial score (nSPS) is 28.2. The van der Waals surface area contributed by atoms with Crippen LogP contribution in [0, 0.1) is 40.9 Å². The predicted molar refractivity (Wildman–Crippen MR) is 271 cm³/mol. The van der Waals surface area contributed by atoms with E-state index in [1.165, 1.54) is 0 Å². The van der Waals surface area contributed by atoms with Crippen molar-refractivity contribution >= 4 is 36.4 Å². The van der Waals surface area contributed by atoms with Crippen LogP contribution in [-0.2, 0) is 48.3 Å². The minimum atomic E-state index is -0.788. The van der Waals surface area contributed by atoms with Gasteiger partial charge in [-0.2, -0.15) is 0 Å². The molecule has 3 saturated heterocycles. The Morgan fingerprint density at radius 2 is 0.822 bits per heavy atom. The van der Waals surface area contributed by atoms with Crippen molar-refractivity contribution in [1.82, 2.24) is 25.3 Å². The van der Waals surface area contributed by atoms with Gasteiger partial charge in [-0.25, -0.2) is 24.0 Å². The van der Waals surface area contributed by atoms with Crippen LogP contribution in [-0.4, -0.2) is 118 Å². The van der Waals surface area contributed by atoms with Crippen molar-refractivity contribution in [3.63, 3.8) is 0 Å². The number of nitrogens with one attached hydrogen (secondary N) is 2. The summed E-state index contributed by atoms with van der Waals surface area (Å²) in [7, 11) is 0. The van der Waals surface area contributed by atoms with Crippen molar-refractivity contribution in [1.29, 1.82) is 0 Å². The fourth-order valence-electron chi connectivity index (χ4n) is 11.8. The van der Waals surface area contributed by atoms with E-state index >= 15 is 0 Å². The van der Waals surface area contributed by atoms with Crippen LogP contribution in [0.2, 0.25) is 0 Å². The number of ether oxygens (including phenoxy) is 5. The highest BCUT2D eigenvalue weighted by Gasteiger charge is 2.63. The van der Waals surface area contributed by atoms with E-state index in [-0.39, 0.29) is 56.3 Å². The summed E-state index contributed by atoms with van der Waals surface area (Å²) in [6, 6.07) is 28.7. The van der Waals surface area contributed by atoms with E-state index < -0.39 is 51.9 Å². The lowest BCUT2D eigenvalue weighted by atomic mass is 9.56. The molecule has 3 saturated carbocycles. The van der Waals surface area contributed by atoms with Crippen LogP contribution >= 0.6 is 0 Å². The molecule has 0 radical (unpaired) electrons. The molecule has 6 fully saturated rings. The number of carbonyl (C=O) groups excluding carboxylic acids is 5. The molecule has 0 spiro atoms. The lowest BCUT2D eigenvalue weighted by Crippen LogP contribution is -2.64. The summed E-state index contributed by atoms with van der Waals surface area (Å²) in [6.07, 6.45) is 0.416. The van der Waals surface area contributed by atoms with E-state index in [9.17, 15) is 33.9 Å². The van der Waals surface area contributed by atoms with Crippen LogP contribution in [0.5, 0.6) is 0 Å². The van der Waals surface area contributed by atoms with Gasteiger partial charge in [-0.1, -0.05) is 112 Å². The van der Waals surface area contributed by atoms with E-state index in [2.05, 4.69) is 24.5 Å². The molecule has 3 aromatic carbocycles. The molecule has 0 bridgehead atoms. The quantitative estimate of drug-likeness (QED) is 0.172. The summed E-state index contributed by atoms with van der Waals surface area (Å²) >= 11 is 0. The maximum atomic E-state index is 12.5.